The average Bonchev–Trinajstić information content (AvgIpc) is 3.39. The quantitative estimate of drug-likeness (QED) is 0.591. The number of carbonyl (C=O) groups excluding carboxylic acids is 1. The van der Waals surface area contributed by atoms with Crippen molar-refractivity contribution in [2.45, 2.75) is 18.9 Å². The third-order valence-corrected chi connectivity index (χ3v) is 4.76. The average molecular weight is 372 g/mol. The highest BCUT2D eigenvalue weighted by Crippen LogP contribution is 2.37. The van der Waals surface area contributed by atoms with Crippen LogP contribution >= 0.6 is 0 Å². The number of hydrogen-bond acceptors (Lipinski definition) is 6. The first-order valence-electron chi connectivity index (χ1n) is 8.88. The topological polar surface area (TPSA) is 98.7 Å². The van der Waals surface area contributed by atoms with E-state index >= 15 is 0 Å². The Hall–Kier alpha value is -3.81. The predicted octanol–water partition coefficient (Wildman–Crippen LogP) is 2.85. The summed E-state index contributed by atoms with van der Waals surface area (Å²) in [4.78, 5) is 25.3. The molecule has 5 rings (SSSR count). The van der Waals surface area contributed by atoms with Gasteiger partial charge in [-0.3, -0.25) is 9.78 Å². The molecule has 0 bridgehead atoms. The summed E-state index contributed by atoms with van der Waals surface area (Å²) in [5.74, 6) is 1.64. The van der Waals surface area contributed by atoms with Crippen molar-refractivity contribution in [3.8, 4) is 11.6 Å². The maximum absolute atomic E-state index is 12.3. The number of nitrogens with zero attached hydrogens (tertiary/aromatic N) is 5. The van der Waals surface area contributed by atoms with Crippen LogP contribution in [0.3, 0.4) is 0 Å². The van der Waals surface area contributed by atoms with Gasteiger partial charge in [0.1, 0.15) is 5.82 Å². The third-order valence-electron chi connectivity index (χ3n) is 4.76. The molecule has 0 unspecified atom stereocenters. The number of rotatable bonds is 4. The van der Waals surface area contributed by atoms with Gasteiger partial charge < -0.3 is 9.73 Å². The molecule has 1 amide bonds. The maximum atomic E-state index is 12.3. The van der Waals surface area contributed by atoms with Crippen molar-refractivity contribution < 1.29 is 9.21 Å². The number of hydrogen-bond donors (Lipinski definition) is 1. The van der Waals surface area contributed by atoms with Crippen LogP contribution < -0.4 is 5.32 Å². The third kappa shape index (κ3) is 2.94. The van der Waals surface area contributed by atoms with Crippen LogP contribution in [0.25, 0.3) is 11.6 Å². The van der Waals surface area contributed by atoms with Crippen LogP contribution in [-0.4, -0.2) is 30.6 Å². The minimum absolute atomic E-state index is 0.0550. The summed E-state index contributed by atoms with van der Waals surface area (Å²) in [6.07, 6.45) is 10.7. The Labute approximate surface area is 160 Å². The number of pyridine rings is 1. The van der Waals surface area contributed by atoms with Gasteiger partial charge in [0, 0.05) is 42.7 Å². The van der Waals surface area contributed by atoms with E-state index in [0.29, 0.717) is 30.4 Å². The number of amides is 1. The van der Waals surface area contributed by atoms with Crippen LogP contribution in [0.1, 0.15) is 29.0 Å². The predicted molar refractivity (Wildman–Crippen MR) is 100 cm³/mol. The molecule has 0 radical (unpaired) electrons. The van der Waals surface area contributed by atoms with E-state index in [9.17, 15) is 4.79 Å². The number of aromatic nitrogens is 5. The molecule has 1 aliphatic heterocycles. The van der Waals surface area contributed by atoms with Crippen molar-refractivity contribution >= 4 is 11.7 Å². The van der Waals surface area contributed by atoms with Crippen molar-refractivity contribution in [3.05, 3.63) is 78.2 Å². The second kappa shape index (κ2) is 6.73. The fraction of sp³-hybridized carbons (Fsp3) is 0.150. The smallest absolute Gasteiger partial charge is 0.226 e. The van der Waals surface area contributed by atoms with E-state index < -0.39 is 0 Å². The second-order valence-electron chi connectivity index (χ2n) is 6.59. The molecule has 8 heteroatoms. The van der Waals surface area contributed by atoms with Gasteiger partial charge in [-0.1, -0.05) is 6.07 Å². The van der Waals surface area contributed by atoms with E-state index in [4.69, 9.17) is 4.42 Å². The van der Waals surface area contributed by atoms with Gasteiger partial charge in [-0.15, -0.1) is 0 Å². The zero-order valence-electron chi connectivity index (χ0n) is 14.8. The van der Waals surface area contributed by atoms with Gasteiger partial charge in [0.2, 0.25) is 5.91 Å². The fourth-order valence-electron chi connectivity index (χ4n) is 3.40. The summed E-state index contributed by atoms with van der Waals surface area (Å²) in [6, 6.07) is 7.46. The van der Waals surface area contributed by atoms with Gasteiger partial charge >= 0.3 is 0 Å². The normalized spacial score (nSPS) is 15.9. The molecule has 0 aromatic carbocycles. The Morgan fingerprint density at radius 3 is 2.79 bits per heavy atom. The largest absolute Gasteiger partial charge is 0.461 e. The Kier molecular flexibility index (Phi) is 3.93. The molecule has 0 aliphatic carbocycles. The summed E-state index contributed by atoms with van der Waals surface area (Å²) in [5.41, 5.74) is 2.83. The highest BCUT2D eigenvalue weighted by atomic mass is 16.3. The molecule has 138 valence electrons. The monoisotopic (exact) mass is 372 g/mol. The highest BCUT2D eigenvalue weighted by Gasteiger charge is 2.30. The van der Waals surface area contributed by atoms with Crippen molar-refractivity contribution in [1.29, 1.82) is 0 Å². The molecule has 1 N–H and O–H groups in total. The van der Waals surface area contributed by atoms with Crippen molar-refractivity contribution in [2.24, 2.45) is 0 Å². The first-order valence-corrected chi connectivity index (χ1v) is 8.88. The highest BCUT2D eigenvalue weighted by molar-refractivity contribution is 5.94. The Bertz CT molecular complexity index is 1100. The van der Waals surface area contributed by atoms with Crippen LogP contribution in [0.15, 0.2) is 65.9 Å². The Morgan fingerprint density at radius 1 is 1.14 bits per heavy atom. The zero-order chi connectivity index (χ0) is 18.9. The minimum atomic E-state index is -0.142. The van der Waals surface area contributed by atoms with Gasteiger partial charge in [-0.25, -0.2) is 14.6 Å². The Balaban J connectivity index is 1.47. The molecular formula is C20H16N6O2. The number of furan rings is 1. The van der Waals surface area contributed by atoms with E-state index in [0.717, 1.165) is 16.7 Å². The summed E-state index contributed by atoms with van der Waals surface area (Å²) < 4.78 is 7.12. The lowest BCUT2D eigenvalue weighted by Gasteiger charge is -2.23. The first-order chi connectivity index (χ1) is 13.8. The van der Waals surface area contributed by atoms with E-state index in [-0.39, 0.29) is 11.8 Å². The SMILES string of the molecule is O=C1C[C@@H](c2cnc(-c3ccco3)nc2)c2cnn(Cc3cccnc3)c2N1. The maximum Gasteiger partial charge on any atom is 0.226 e. The summed E-state index contributed by atoms with van der Waals surface area (Å²) >= 11 is 0. The molecule has 5 heterocycles. The number of carbonyl (C=O) groups is 1. The molecule has 0 saturated carbocycles. The second-order valence-corrected chi connectivity index (χ2v) is 6.59. The lowest BCUT2D eigenvalue weighted by atomic mass is 9.89. The van der Waals surface area contributed by atoms with E-state index in [2.05, 4.69) is 25.4 Å². The molecule has 0 fully saturated rings. The molecule has 0 spiro atoms. The summed E-state index contributed by atoms with van der Waals surface area (Å²) in [7, 11) is 0. The van der Waals surface area contributed by atoms with Crippen molar-refractivity contribution in [1.82, 2.24) is 24.7 Å². The standard InChI is InChI=1S/C20H16N6O2/c27-18-7-15(14-9-22-19(23-10-14)17-4-2-6-28-17)16-11-24-26(20(16)25-18)12-13-3-1-5-21-8-13/h1-6,8-11,15H,7,12H2,(H,25,27)/t15-/m0/s1. The Morgan fingerprint density at radius 2 is 2.04 bits per heavy atom. The number of nitrogens with one attached hydrogen (secondary N) is 1. The number of anilines is 1. The minimum Gasteiger partial charge on any atom is -0.461 e. The van der Waals surface area contributed by atoms with Gasteiger partial charge in [-0.05, 0) is 29.3 Å². The fourth-order valence-corrected chi connectivity index (χ4v) is 3.40. The summed E-state index contributed by atoms with van der Waals surface area (Å²) in [5, 5.41) is 7.43. The van der Waals surface area contributed by atoms with Crippen molar-refractivity contribution in [2.75, 3.05) is 5.32 Å². The van der Waals surface area contributed by atoms with Crippen LogP contribution in [0, 0.1) is 0 Å². The lowest BCUT2D eigenvalue weighted by Crippen LogP contribution is -2.25. The first kappa shape index (κ1) is 16.4. The van der Waals surface area contributed by atoms with Gasteiger partial charge in [0.05, 0.1) is 19.0 Å². The van der Waals surface area contributed by atoms with E-state index in [1.54, 1.807) is 48.0 Å². The van der Waals surface area contributed by atoms with Gasteiger partial charge in [-0.2, -0.15) is 5.10 Å². The van der Waals surface area contributed by atoms with Gasteiger partial charge in [0.25, 0.3) is 0 Å². The van der Waals surface area contributed by atoms with Crippen molar-refractivity contribution in [3.63, 3.8) is 0 Å². The zero-order valence-corrected chi connectivity index (χ0v) is 14.8. The molecule has 28 heavy (non-hydrogen) atoms. The molecule has 8 nitrogen and oxygen atoms in total. The van der Waals surface area contributed by atoms with Gasteiger partial charge in [0.15, 0.2) is 11.6 Å². The molecule has 1 aliphatic rings. The molecule has 0 saturated heterocycles. The van der Waals surface area contributed by atoms with Crippen LogP contribution in [0.5, 0.6) is 0 Å². The molecule has 4 aromatic heterocycles. The molecule has 4 aromatic rings. The van der Waals surface area contributed by atoms with E-state index in [1.807, 2.05) is 18.2 Å². The lowest BCUT2D eigenvalue weighted by molar-refractivity contribution is -0.116. The number of fused-ring (bicyclic) bond motifs is 1. The molecular weight excluding hydrogens is 356 g/mol. The van der Waals surface area contributed by atoms with E-state index in [1.165, 1.54) is 0 Å². The molecule has 1 atom stereocenters. The van der Waals surface area contributed by atoms with Crippen LogP contribution in [0.2, 0.25) is 0 Å². The van der Waals surface area contributed by atoms with Crippen LogP contribution in [-0.2, 0) is 11.3 Å². The summed E-state index contributed by atoms with van der Waals surface area (Å²) in [6.45, 7) is 0.532. The van der Waals surface area contributed by atoms with Crippen LogP contribution in [0.4, 0.5) is 5.82 Å².